The third-order valence-corrected chi connectivity index (χ3v) is 8.26. The van der Waals surface area contributed by atoms with Crippen LogP contribution < -0.4 is 0 Å². The second kappa shape index (κ2) is 16.9. The molecule has 0 saturated carbocycles. The molecule has 0 spiro atoms. The van der Waals surface area contributed by atoms with Crippen LogP contribution in [0, 0.1) is 0 Å². The Morgan fingerprint density at radius 1 is 0.471 bits per heavy atom. The molecule has 17 heavy (non-hydrogen) atoms. The van der Waals surface area contributed by atoms with Crippen molar-refractivity contribution in [3.63, 3.8) is 0 Å². The standard InChI is InChI=1S/2C8H17.Bi/c2*1-3-5-7-8-6-4-2;/h2*1,3-8H2,2H3;/q;;+2. The third kappa shape index (κ3) is 16.9. The molecule has 0 bridgehead atoms. The number of hydrogen-bond donors (Lipinski definition) is 0. The van der Waals surface area contributed by atoms with Crippen molar-refractivity contribution in [2.24, 2.45) is 0 Å². The maximum absolute atomic E-state index is 2.30. The van der Waals surface area contributed by atoms with Gasteiger partial charge in [-0.1, -0.05) is 0 Å². The molecule has 0 aliphatic heterocycles. The molecule has 0 heterocycles. The molecule has 101 valence electrons. The Labute approximate surface area is 122 Å². The minimum atomic E-state index is -0.0142. The van der Waals surface area contributed by atoms with Gasteiger partial charge in [-0.2, -0.15) is 0 Å². The van der Waals surface area contributed by atoms with Crippen molar-refractivity contribution in [1.82, 2.24) is 0 Å². The van der Waals surface area contributed by atoms with Crippen molar-refractivity contribution in [2.75, 3.05) is 0 Å². The summed E-state index contributed by atoms with van der Waals surface area (Å²) >= 11 is -0.0142. The normalized spacial score (nSPS) is 10.7. The summed E-state index contributed by atoms with van der Waals surface area (Å²) in [6, 6.07) is 0. The van der Waals surface area contributed by atoms with E-state index in [9.17, 15) is 0 Å². The molecule has 1 heteroatoms. The molecule has 0 fully saturated rings. The Balaban J connectivity index is 2.85. The molecule has 0 aromatic carbocycles. The molecule has 0 rings (SSSR count). The summed E-state index contributed by atoms with van der Waals surface area (Å²) in [6.45, 7) is 4.60. The topological polar surface area (TPSA) is 0 Å². The van der Waals surface area contributed by atoms with Gasteiger partial charge in [-0.05, 0) is 0 Å². The van der Waals surface area contributed by atoms with Crippen LogP contribution in [0.15, 0.2) is 0 Å². The molecule has 0 atom stereocenters. The first-order valence-corrected chi connectivity index (χ1v) is 13.0. The van der Waals surface area contributed by atoms with E-state index in [0.29, 0.717) is 0 Å². The van der Waals surface area contributed by atoms with Gasteiger partial charge in [0, 0.05) is 0 Å². The summed E-state index contributed by atoms with van der Waals surface area (Å²) in [4.78, 5) is 0. The quantitative estimate of drug-likeness (QED) is 0.224. The van der Waals surface area contributed by atoms with E-state index >= 15 is 0 Å². The molecular weight excluding hydrogens is 401 g/mol. The summed E-state index contributed by atoms with van der Waals surface area (Å²) in [5, 5.41) is 0. The van der Waals surface area contributed by atoms with Crippen molar-refractivity contribution in [2.45, 2.75) is 99.2 Å². The second-order valence-corrected chi connectivity index (χ2v) is 10.4. The molecule has 0 unspecified atom stereocenters. The van der Waals surface area contributed by atoms with Gasteiger partial charge in [0.05, 0.1) is 0 Å². The van der Waals surface area contributed by atoms with Crippen LogP contribution in [0.4, 0.5) is 0 Å². The molecule has 0 aromatic heterocycles. The zero-order valence-corrected chi connectivity index (χ0v) is 15.8. The van der Waals surface area contributed by atoms with Gasteiger partial charge >= 0.3 is 122 Å². The van der Waals surface area contributed by atoms with Crippen molar-refractivity contribution in [3.05, 3.63) is 0 Å². The second-order valence-electron chi connectivity index (χ2n) is 5.21. The Morgan fingerprint density at radius 2 is 0.824 bits per heavy atom. The van der Waals surface area contributed by atoms with Gasteiger partial charge < -0.3 is 0 Å². The van der Waals surface area contributed by atoms with E-state index in [1.165, 1.54) is 64.2 Å². The fourth-order valence-corrected chi connectivity index (χ4v) is 6.47. The van der Waals surface area contributed by atoms with Crippen LogP contribution in [-0.2, 0) is 0 Å². The zero-order valence-electron chi connectivity index (χ0n) is 12.3. The average Bonchev–Trinajstić information content (AvgIpc) is 2.35. The van der Waals surface area contributed by atoms with E-state index < -0.39 is 0 Å². The zero-order chi connectivity index (χ0) is 12.6. The molecule has 0 aromatic rings. The first-order chi connectivity index (χ1) is 8.41. The summed E-state index contributed by atoms with van der Waals surface area (Å²) < 4.78 is 3.34. The summed E-state index contributed by atoms with van der Waals surface area (Å²) in [7, 11) is 0. The first kappa shape index (κ1) is 17.9. The van der Waals surface area contributed by atoms with E-state index in [1.807, 2.05) is 0 Å². The Morgan fingerprint density at radius 3 is 1.24 bits per heavy atom. The summed E-state index contributed by atoms with van der Waals surface area (Å²) in [5.74, 6) is 0. The monoisotopic (exact) mass is 435 g/mol. The van der Waals surface area contributed by atoms with Crippen molar-refractivity contribution in [3.8, 4) is 0 Å². The molecule has 0 saturated heterocycles. The third-order valence-electron chi connectivity index (χ3n) is 3.34. The van der Waals surface area contributed by atoms with Gasteiger partial charge in [0.2, 0.25) is 0 Å². The molecule has 0 aliphatic carbocycles. The minimum absolute atomic E-state index is 0.0142. The van der Waals surface area contributed by atoms with E-state index in [0.717, 1.165) is 0 Å². The average molecular weight is 435 g/mol. The van der Waals surface area contributed by atoms with Crippen molar-refractivity contribution in [1.29, 1.82) is 0 Å². The molecule has 1 radical (unpaired) electrons. The maximum atomic E-state index is 2.30. The molecular formula is C16H34Bi+2. The van der Waals surface area contributed by atoms with E-state index in [-0.39, 0.29) is 23.2 Å². The Kier molecular flexibility index (Phi) is 17.8. The number of hydrogen-bond acceptors (Lipinski definition) is 0. The van der Waals surface area contributed by atoms with Gasteiger partial charge in [-0.3, -0.25) is 0 Å². The van der Waals surface area contributed by atoms with Crippen LogP contribution in [0.2, 0.25) is 8.26 Å². The summed E-state index contributed by atoms with van der Waals surface area (Å²) in [5.41, 5.74) is 0. The van der Waals surface area contributed by atoms with Gasteiger partial charge in [0.25, 0.3) is 0 Å². The SMILES string of the molecule is CCCCCCC[CH2][Bi+2][CH2]CCCCCCC. The fourth-order valence-electron chi connectivity index (χ4n) is 2.12. The fraction of sp³-hybridized carbons (Fsp3) is 1.00. The van der Waals surface area contributed by atoms with Crippen LogP contribution in [0.1, 0.15) is 90.9 Å². The van der Waals surface area contributed by atoms with Crippen LogP contribution >= 0.6 is 0 Å². The molecule has 0 aliphatic rings. The van der Waals surface area contributed by atoms with Gasteiger partial charge in [0.15, 0.2) is 0 Å². The van der Waals surface area contributed by atoms with Crippen LogP contribution in [-0.4, -0.2) is 23.2 Å². The van der Waals surface area contributed by atoms with E-state index in [4.69, 9.17) is 0 Å². The first-order valence-electron chi connectivity index (χ1n) is 8.05. The van der Waals surface area contributed by atoms with Gasteiger partial charge in [0.1, 0.15) is 0 Å². The molecule has 0 N–H and O–H groups in total. The predicted octanol–water partition coefficient (Wildman–Crippen LogP) is 6.25. The molecule has 0 nitrogen and oxygen atoms in total. The molecule has 0 amide bonds. The van der Waals surface area contributed by atoms with E-state index in [1.54, 1.807) is 21.1 Å². The van der Waals surface area contributed by atoms with Crippen LogP contribution in [0.25, 0.3) is 0 Å². The number of unbranched alkanes of at least 4 members (excludes halogenated alkanes) is 10. The Bertz CT molecular complexity index is 109. The van der Waals surface area contributed by atoms with Gasteiger partial charge in [-0.25, -0.2) is 0 Å². The van der Waals surface area contributed by atoms with Crippen molar-refractivity contribution >= 4 is 23.2 Å². The number of rotatable bonds is 14. The van der Waals surface area contributed by atoms with Crippen molar-refractivity contribution < 1.29 is 0 Å². The van der Waals surface area contributed by atoms with Gasteiger partial charge in [-0.15, -0.1) is 0 Å². The predicted molar refractivity (Wildman–Crippen MR) is 82.1 cm³/mol. The summed E-state index contributed by atoms with van der Waals surface area (Å²) in [6.07, 6.45) is 17.9. The van der Waals surface area contributed by atoms with Crippen LogP contribution in [0.5, 0.6) is 0 Å². The van der Waals surface area contributed by atoms with Crippen LogP contribution in [0.3, 0.4) is 0 Å². The Hall–Kier alpha value is 0.883. The van der Waals surface area contributed by atoms with E-state index in [2.05, 4.69) is 13.8 Å².